The van der Waals surface area contributed by atoms with E-state index in [4.69, 9.17) is 0 Å². The van der Waals surface area contributed by atoms with E-state index in [0.29, 0.717) is 5.56 Å². The van der Waals surface area contributed by atoms with Crippen LogP contribution in [0.3, 0.4) is 0 Å². The average Bonchev–Trinajstić information content (AvgIpc) is 2.61. The minimum absolute atomic E-state index is 0.0211. The fourth-order valence-electron chi connectivity index (χ4n) is 2.28. The summed E-state index contributed by atoms with van der Waals surface area (Å²) >= 11 is 1.05. The molecule has 3 N–H and O–H groups in total. The van der Waals surface area contributed by atoms with E-state index < -0.39 is 23.5 Å². The molecule has 0 aliphatic rings. The molecule has 0 heterocycles. The van der Waals surface area contributed by atoms with Crippen molar-refractivity contribution in [3.8, 4) is 0 Å². The number of carbonyl (C=O) groups excluding carboxylic acids is 3. The third-order valence-corrected chi connectivity index (χ3v) is 4.49. The Morgan fingerprint density at radius 2 is 1.67 bits per heavy atom. The molecule has 6 nitrogen and oxygen atoms in total. The molecule has 0 aliphatic carbocycles. The number of nitrogens with one attached hydrogen (secondary N) is 3. The number of hydrogen-bond donors (Lipinski definition) is 3. The maximum atomic E-state index is 13.4. The highest BCUT2D eigenvalue weighted by molar-refractivity contribution is 8.00. The zero-order chi connectivity index (χ0) is 19.8. The lowest BCUT2D eigenvalue weighted by molar-refractivity contribution is -0.119. The summed E-state index contributed by atoms with van der Waals surface area (Å²) < 4.78 is 13.4. The van der Waals surface area contributed by atoms with Crippen molar-refractivity contribution >= 4 is 35.2 Å². The van der Waals surface area contributed by atoms with Gasteiger partial charge in [0.05, 0.1) is 17.2 Å². The molecule has 0 bridgehead atoms. The largest absolute Gasteiger partial charge is 0.323 e. The first-order valence-electron chi connectivity index (χ1n) is 8.15. The molecule has 2 rings (SSSR count). The van der Waals surface area contributed by atoms with Gasteiger partial charge in [0.2, 0.25) is 11.8 Å². The number of para-hydroxylation sites is 1. The van der Waals surface area contributed by atoms with Crippen molar-refractivity contribution in [2.45, 2.75) is 13.8 Å². The van der Waals surface area contributed by atoms with Gasteiger partial charge in [-0.25, -0.2) is 4.39 Å². The van der Waals surface area contributed by atoms with Gasteiger partial charge in [0, 0.05) is 5.56 Å². The van der Waals surface area contributed by atoms with E-state index in [1.807, 2.05) is 26.0 Å². The fraction of sp³-hybridized carbons (Fsp3) is 0.211. The Labute approximate surface area is 160 Å². The number of aryl methyl sites for hydroxylation is 2. The van der Waals surface area contributed by atoms with Crippen LogP contribution in [0.4, 0.5) is 10.1 Å². The predicted octanol–water partition coefficient (Wildman–Crippen LogP) is 2.58. The number of hydrazine groups is 1. The Morgan fingerprint density at radius 3 is 2.37 bits per heavy atom. The topological polar surface area (TPSA) is 87.3 Å². The SMILES string of the molecule is Cc1ccc(C(=O)NNC(=O)CSCC(=O)Nc2ccccc2F)c(C)c1. The van der Waals surface area contributed by atoms with Gasteiger partial charge in [-0.2, -0.15) is 0 Å². The first-order chi connectivity index (χ1) is 12.9. The zero-order valence-corrected chi connectivity index (χ0v) is 15.8. The number of benzene rings is 2. The van der Waals surface area contributed by atoms with Crippen LogP contribution in [-0.4, -0.2) is 29.2 Å². The van der Waals surface area contributed by atoms with Crippen molar-refractivity contribution in [1.29, 1.82) is 0 Å². The van der Waals surface area contributed by atoms with Gasteiger partial charge in [-0.05, 0) is 37.6 Å². The number of halogens is 1. The molecule has 0 unspecified atom stereocenters. The Balaban J connectivity index is 1.71. The lowest BCUT2D eigenvalue weighted by atomic mass is 10.1. The highest BCUT2D eigenvalue weighted by Crippen LogP contribution is 2.13. The van der Waals surface area contributed by atoms with Crippen molar-refractivity contribution < 1.29 is 18.8 Å². The van der Waals surface area contributed by atoms with Crippen LogP contribution in [0.1, 0.15) is 21.5 Å². The zero-order valence-electron chi connectivity index (χ0n) is 15.0. The second-order valence-corrected chi connectivity index (χ2v) is 6.83. The van der Waals surface area contributed by atoms with Gasteiger partial charge < -0.3 is 5.32 Å². The summed E-state index contributed by atoms with van der Waals surface area (Å²) in [5, 5.41) is 2.43. The number of rotatable bonds is 6. The molecular formula is C19H20FN3O3S. The van der Waals surface area contributed by atoms with Crippen LogP contribution in [0.25, 0.3) is 0 Å². The van der Waals surface area contributed by atoms with E-state index >= 15 is 0 Å². The molecule has 0 spiro atoms. The van der Waals surface area contributed by atoms with Gasteiger partial charge in [-0.1, -0.05) is 29.8 Å². The van der Waals surface area contributed by atoms with Crippen LogP contribution in [0.2, 0.25) is 0 Å². The van der Waals surface area contributed by atoms with Gasteiger partial charge in [-0.15, -0.1) is 11.8 Å². The fourth-order valence-corrected chi connectivity index (χ4v) is 2.90. The summed E-state index contributed by atoms with van der Waals surface area (Å²) in [4.78, 5) is 35.6. The number of anilines is 1. The highest BCUT2D eigenvalue weighted by Gasteiger charge is 2.11. The molecule has 27 heavy (non-hydrogen) atoms. The minimum atomic E-state index is -0.525. The lowest BCUT2D eigenvalue weighted by Gasteiger charge is -2.10. The van der Waals surface area contributed by atoms with E-state index in [9.17, 15) is 18.8 Å². The Hall–Kier alpha value is -2.87. The summed E-state index contributed by atoms with van der Waals surface area (Å²) in [6.07, 6.45) is 0. The lowest BCUT2D eigenvalue weighted by Crippen LogP contribution is -2.42. The van der Waals surface area contributed by atoms with Crippen molar-refractivity contribution in [2.75, 3.05) is 16.8 Å². The molecule has 2 aromatic rings. The molecular weight excluding hydrogens is 369 g/mol. The summed E-state index contributed by atoms with van der Waals surface area (Å²) in [6, 6.07) is 11.2. The van der Waals surface area contributed by atoms with Crippen molar-refractivity contribution in [3.05, 3.63) is 65.0 Å². The monoisotopic (exact) mass is 389 g/mol. The quantitative estimate of drug-likeness (QED) is 0.663. The van der Waals surface area contributed by atoms with Crippen LogP contribution >= 0.6 is 11.8 Å². The van der Waals surface area contributed by atoms with E-state index in [0.717, 1.165) is 22.9 Å². The Morgan fingerprint density at radius 1 is 0.963 bits per heavy atom. The molecule has 0 atom stereocenters. The van der Waals surface area contributed by atoms with Crippen LogP contribution in [0, 0.1) is 19.7 Å². The van der Waals surface area contributed by atoms with Crippen molar-refractivity contribution in [3.63, 3.8) is 0 Å². The van der Waals surface area contributed by atoms with Gasteiger partial charge >= 0.3 is 0 Å². The first-order valence-corrected chi connectivity index (χ1v) is 9.31. The molecule has 0 saturated heterocycles. The number of thioether (sulfide) groups is 1. The third-order valence-electron chi connectivity index (χ3n) is 3.56. The maximum absolute atomic E-state index is 13.4. The second kappa shape index (κ2) is 9.72. The molecule has 0 aromatic heterocycles. The molecule has 2 aromatic carbocycles. The molecule has 0 fully saturated rings. The normalized spacial score (nSPS) is 10.2. The minimum Gasteiger partial charge on any atom is -0.323 e. The van der Waals surface area contributed by atoms with Gasteiger partial charge in [-0.3, -0.25) is 25.2 Å². The maximum Gasteiger partial charge on any atom is 0.269 e. The van der Waals surface area contributed by atoms with Crippen molar-refractivity contribution in [2.24, 2.45) is 0 Å². The third kappa shape index (κ3) is 6.41. The van der Waals surface area contributed by atoms with E-state index in [1.165, 1.54) is 18.2 Å². The van der Waals surface area contributed by atoms with Crippen molar-refractivity contribution in [1.82, 2.24) is 10.9 Å². The Bertz CT molecular complexity index is 858. The Kier molecular flexibility index (Phi) is 7.36. The average molecular weight is 389 g/mol. The molecule has 142 valence electrons. The van der Waals surface area contributed by atoms with Gasteiger partial charge in [0.25, 0.3) is 5.91 Å². The van der Waals surface area contributed by atoms with Gasteiger partial charge in [0.15, 0.2) is 0 Å². The van der Waals surface area contributed by atoms with E-state index in [2.05, 4.69) is 16.2 Å². The summed E-state index contributed by atoms with van der Waals surface area (Å²) in [6.45, 7) is 3.74. The molecule has 0 aliphatic heterocycles. The van der Waals surface area contributed by atoms with Crippen LogP contribution < -0.4 is 16.2 Å². The smallest absolute Gasteiger partial charge is 0.269 e. The number of carbonyl (C=O) groups is 3. The molecule has 8 heteroatoms. The van der Waals surface area contributed by atoms with Crippen LogP contribution in [0.15, 0.2) is 42.5 Å². The second-order valence-electron chi connectivity index (χ2n) is 5.84. The van der Waals surface area contributed by atoms with E-state index in [1.54, 1.807) is 12.1 Å². The summed E-state index contributed by atoms with van der Waals surface area (Å²) in [5.41, 5.74) is 7.05. The molecule has 0 saturated carbocycles. The van der Waals surface area contributed by atoms with Crippen LogP contribution in [-0.2, 0) is 9.59 Å². The van der Waals surface area contributed by atoms with E-state index in [-0.39, 0.29) is 17.2 Å². The number of amides is 3. The summed E-state index contributed by atoms with van der Waals surface area (Å²) in [5.74, 6) is -1.86. The standard InChI is InChI=1S/C19H20FN3O3S/c1-12-7-8-14(13(2)9-12)19(26)23-22-18(25)11-27-10-17(24)21-16-6-4-3-5-15(16)20/h3-9H,10-11H2,1-2H3,(H,21,24)(H,22,25)(H,23,26). The summed E-state index contributed by atoms with van der Waals surface area (Å²) in [7, 11) is 0. The number of hydrogen-bond acceptors (Lipinski definition) is 4. The van der Waals surface area contributed by atoms with Crippen LogP contribution in [0.5, 0.6) is 0 Å². The molecule has 0 radical (unpaired) electrons. The predicted molar refractivity (Wildman–Crippen MR) is 104 cm³/mol. The molecule has 3 amide bonds. The highest BCUT2D eigenvalue weighted by atomic mass is 32.2. The van der Waals surface area contributed by atoms with Gasteiger partial charge in [0.1, 0.15) is 5.82 Å². The first kappa shape index (κ1) is 20.4.